The van der Waals surface area contributed by atoms with Gasteiger partial charge in [-0.05, 0) is 70.3 Å². The molecule has 0 amide bonds. The number of likely N-dealkylation sites (N-methyl/N-ethyl adjacent to an activating group) is 1. The molecule has 0 saturated carbocycles. The summed E-state index contributed by atoms with van der Waals surface area (Å²) in [6.07, 6.45) is 3.71. The van der Waals surface area contributed by atoms with Crippen molar-refractivity contribution < 1.29 is 0 Å². The van der Waals surface area contributed by atoms with Crippen molar-refractivity contribution in [3.05, 3.63) is 59.4 Å². The average Bonchev–Trinajstić information content (AvgIpc) is 2.58. The van der Waals surface area contributed by atoms with Crippen molar-refractivity contribution in [2.45, 2.75) is 26.8 Å². The summed E-state index contributed by atoms with van der Waals surface area (Å²) in [5.74, 6) is 0. The molecule has 1 aromatic carbocycles. The van der Waals surface area contributed by atoms with Crippen LogP contribution in [0.2, 0.25) is 0 Å². The normalized spacial score (nSPS) is 12.1. The maximum Gasteiger partial charge on any atom is 0.173 e. The summed E-state index contributed by atoms with van der Waals surface area (Å²) in [5.41, 5.74) is 4.67. The first-order chi connectivity index (χ1) is 11.9. The lowest BCUT2D eigenvalue weighted by molar-refractivity contribution is 0.289. The van der Waals surface area contributed by atoms with E-state index in [4.69, 9.17) is 12.2 Å². The Kier molecular flexibility index (Phi) is 6.91. The highest BCUT2D eigenvalue weighted by molar-refractivity contribution is 7.80. The first-order valence-electron chi connectivity index (χ1n) is 8.58. The molecule has 0 saturated heterocycles. The quantitative estimate of drug-likeness (QED) is 0.790. The molecule has 0 aliphatic rings. The lowest BCUT2D eigenvalue weighted by Crippen LogP contribution is -2.41. The summed E-state index contributed by atoms with van der Waals surface area (Å²) in [7, 11) is 4.15. The van der Waals surface area contributed by atoms with E-state index in [0.29, 0.717) is 0 Å². The second kappa shape index (κ2) is 8.92. The van der Waals surface area contributed by atoms with E-state index in [1.165, 1.54) is 11.1 Å². The van der Waals surface area contributed by atoms with Crippen LogP contribution < -0.4 is 5.32 Å². The zero-order valence-corrected chi connectivity index (χ0v) is 16.6. The molecule has 1 aromatic heterocycles. The number of thiocarbonyl (C=S) groups is 1. The molecule has 0 unspecified atom stereocenters. The van der Waals surface area contributed by atoms with Gasteiger partial charge < -0.3 is 15.1 Å². The molecule has 0 fully saturated rings. The van der Waals surface area contributed by atoms with Crippen molar-refractivity contribution >= 4 is 23.0 Å². The first kappa shape index (κ1) is 19.3. The molecule has 25 heavy (non-hydrogen) atoms. The Bertz CT molecular complexity index is 700. The molecule has 2 aromatic rings. The van der Waals surface area contributed by atoms with Gasteiger partial charge >= 0.3 is 0 Å². The lowest BCUT2D eigenvalue weighted by Gasteiger charge is -2.33. The van der Waals surface area contributed by atoms with E-state index in [2.05, 4.69) is 79.2 Å². The number of pyridine rings is 1. The lowest BCUT2D eigenvalue weighted by atomic mass is 10.1. The van der Waals surface area contributed by atoms with Gasteiger partial charge in [0.1, 0.15) is 0 Å². The van der Waals surface area contributed by atoms with E-state index in [-0.39, 0.29) is 6.04 Å². The second-order valence-electron chi connectivity index (χ2n) is 6.71. The van der Waals surface area contributed by atoms with Crippen molar-refractivity contribution in [2.24, 2.45) is 0 Å². The van der Waals surface area contributed by atoms with Gasteiger partial charge in [-0.2, -0.15) is 0 Å². The molecule has 0 aliphatic carbocycles. The smallest absolute Gasteiger partial charge is 0.173 e. The number of nitrogens with zero attached hydrogens (tertiary/aromatic N) is 3. The molecule has 134 valence electrons. The fourth-order valence-electron chi connectivity index (χ4n) is 2.72. The summed E-state index contributed by atoms with van der Waals surface area (Å²) in [4.78, 5) is 8.65. The second-order valence-corrected chi connectivity index (χ2v) is 7.09. The Hall–Kier alpha value is -1.98. The molecule has 4 nitrogen and oxygen atoms in total. The van der Waals surface area contributed by atoms with Crippen molar-refractivity contribution in [1.29, 1.82) is 0 Å². The van der Waals surface area contributed by atoms with Crippen molar-refractivity contribution in [1.82, 2.24) is 14.8 Å². The number of hydrogen-bond acceptors (Lipinski definition) is 3. The summed E-state index contributed by atoms with van der Waals surface area (Å²) in [5, 5.41) is 4.17. The minimum Gasteiger partial charge on any atom is -0.341 e. The van der Waals surface area contributed by atoms with Gasteiger partial charge in [0, 0.05) is 31.2 Å². The Morgan fingerprint density at radius 2 is 1.96 bits per heavy atom. The maximum atomic E-state index is 5.75. The maximum absolute atomic E-state index is 5.75. The van der Waals surface area contributed by atoms with Crippen LogP contribution in [-0.4, -0.2) is 47.1 Å². The van der Waals surface area contributed by atoms with Crippen LogP contribution in [0.4, 0.5) is 5.69 Å². The van der Waals surface area contributed by atoms with E-state index >= 15 is 0 Å². The number of anilines is 1. The monoisotopic (exact) mass is 356 g/mol. The number of rotatable bonds is 6. The predicted octanol–water partition coefficient (Wildman–Crippen LogP) is 4.02. The number of aromatic nitrogens is 1. The molecule has 0 aliphatic heterocycles. The fraction of sp³-hybridized carbons (Fsp3) is 0.400. The highest BCUT2D eigenvalue weighted by Gasteiger charge is 2.19. The van der Waals surface area contributed by atoms with Crippen LogP contribution in [0.3, 0.4) is 0 Å². The summed E-state index contributed by atoms with van der Waals surface area (Å²) in [6.45, 7) is 8.15. The van der Waals surface area contributed by atoms with Gasteiger partial charge in [-0.3, -0.25) is 4.98 Å². The van der Waals surface area contributed by atoms with Crippen LogP contribution in [0.15, 0.2) is 42.7 Å². The highest BCUT2D eigenvalue weighted by atomic mass is 32.1. The summed E-state index contributed by atoms with van der Waals surface area (Å²) >= 11 is 5.75. The van der Waals surface area contributed by atoms with E-state index < -0.39 is 0 Å². The van der Waals surface area contributed by atoms with Gasteiger partial charge in [-0.25, -0.2) is 0 Å². The number of nitrogens with one attached hydrogen (secondary N) is 1. The third-order valence-electron chi connectivity index (χ3n) is 4.31. The zero-order chi connectivity index (χ0) is 18.4. The van der Waals surface area contributed by atoms with Gasteiger partial charge in [-0.1, -0.05) is 23.8 Å². The minimum atomic E-state index is 0.152. The Morgan fingerprint density at radius 1 is 1.20 bits per heavy atom. The largest absolute Gasteiger partial charge is 0.341 e. The van der Waals surface area contributed by atoms with Gasteiger partial charge in [0.2, 0.25) is 0 Å². The highest BCUT2D eigenvalue weighted by Crippen LogP contribution is 2.22. The molecule has 1 atom stereocenters. The molecule has 0 bridgehead atoms. The van der Waals surface area contributed by atoms with Crippen LogP contribution in [-0.2, 0) is 0 Å². The van der Waals surface area contributed by atoms with Crippen LogP contribution in [0.25, 0.3) is 0 Å². The molecule has 0 spiro atoms. The standard InChI is InChI=1S/C20H28N4S/c1-15-8-9-19(16(2)13-15)22-20(25)24(12-11-23(4)5)17(3)18-7-6-10-21-14-18/h6-10,13-14,17H,11-12H2,1-5H3,(H,22,25)/t17-/m1/s1. The van der Waals surface area contributed by atoms with E-state index in [1.807, 2.05) is 12.3 Å². The third-order valence-corrected chi connectivity index (χ3v) is 4.64. The average molecular weight is 357 g/mol. The summed E-state index contributed by atoms with van der Waals surface area (Å²) < 4.78 is 0. The van der Waals surface area contributed by atoms with Crippen molar-refractivity contribution in [3.63, 3.8) is 0 Å². The predicted molar refractivity (Wildman–Crippen MR) is 110 cm³/mol. The van der Waals surface area contributed by atoms with E-state index in [9.17, 15) is 0 Å². The van der Waals surface area contributed by atoms with Crippen molar-refractivity contribution in [2.75, 3.05) is 32.5 Å². The Balaban J connectivity index is 2.20. The van der Waals surface area contributed by atoms with E-state index in [1.54, 1.807) is 6.20 Å². The molecule has 1 heterocycles. The third kappa shape index (κ3) is 5.51. The number of aryl methyl sites for hydroxylation is 2. The van der Waals surface area contributed by atoms with Crippen LogP contribution in [0, 0.1) is 13.8 Å². The van der Waals surface area contributed by atoms with Gasteiger partial charge in [0.25, 0.3) is 0 Å². The number of hydrogen-bond donors (Lipinski definition) is 1. The van der Waals surface area contributed by atoms with Gasteiger partial charge in [0.15, 0.2) is 5.11 Å². The van der Waals surface area contributed by atoms with Gasteiger partial charge in [-0.15, -0.1) is 0 Å². The minimum absolute atomic E-state index is 0.152. The van der Waals surface area contributed by atoms with Crippen LogP contribution in [0.5, 0.6) is 0 Å². The molecule has 1 N–H and O–H groups in total. The molecular weight excluding hydrogens is 328 g/mol. The molecule has 0 radical (unpaired) electrons. The Labute approximate surface area is 156 Å². The van der Waals surface area contributed by atoms with Crippen LogP contribution in [0.1, 0.15) is 29.7 Å². The van der Waals surface area contributed by atoms with Gasteiger partial charge in [0.05, 0.1) is 6.04 Å². The van der Waals surface area contributed by atoms with Crippen LogP contribution >= 0.6 is 12.2 Å². The SMILES string of the molecule is Cc1ccc(NC(=S)N(CCN(C)C)[C@H](C)c2cccnc2)c(C)c1. The fourth-order valence-corrected chi connectivity index (χ4v) is 3.08. The van der Waals surface area contributed by atoms with E-state index in [0.717, 1.165) is 29.5 Å². The molecule has 2 rings (SSSR count). The first-order valence-corrected chi connectivity index (χ1v) is 8.99. The zero-order valence-electron chi connectivity index (χ0n) is 15.8. The summed E-state index contributed by atoms with van der Waals surface area (Å²) in [6, 6.07) is 10.6. The van der Waals surface area contributed by atoms with Crippen molar-refractivity contribution in [3.8, 4) is 0 Å². The molecule has 5 heteroatoms. The topological polar surface area (TPSA) is 31.4 Å². The Morgan fingerprint density at radius 3 is 2.56 bits per heavy atom. The number of benzene rings is 1. The molecular formula is C20H28N4S.